The molecule has 0 unspecified atom stereocenters. The lowest BCUT2D eigenvalue weighted by Gasteiger charge is -2.05. The monoisotopic (exact) mass is 387 g/mol. The highest BCUT2D eigenvalue weighted by Crippen LogP contribution is 2.23. The number of halogens is 3. The number of benzene rings is 3. The first-order valence-corrected chi connectivity index (χ1v) is 9.19. The Kier molecular flexibility index (Phi) is 5.05. The molecule has 0 bridgehead atoms. The van der Waals surface area contributed by atoms with Crippen molar-refractivity contribution in [2.75, 3.05) is 0 Å². The first-order chi connectivity index (χ1) is 14.0. The van der Waals surface area contributed by atoms with E-state index in [4.69, 9.17) is 0 Å². The summed E-state index contributed by atoms with van der Waals surface area (Å²) in [6.45, 7) is 2.01. The molecule has 1 aromatic heterocycles. The quantitative estimate of drug-likeness (QED) is 0.369. The Labute approximate surface area is 166 Å². The lowest BCUT2D eigenvalue weighted by atomic mass is 10.0. The minimum atomic E-state index is -0.739. The molecule has 4 aromatic rings. The molecule has 0 aliphatic rings. The Bertz CT molecular complexity index is 1240. The highest BCUT2D eigenvalue weighted by Gasteiger charge is 2.11. The van der Waals surface area contributed by atoms with Gasteiger partial charge in [0.1, 0.15) is 17.5 Å². The Morgan fingerprint density at radius 1 is 0.793 bits per heavy atom. The molecule has 1 heterocycles. The number of hydrogen-bond acceptors (Lipinski definition) is 1. The van der Waals surface area contributed by atoms with Crippen LogP contribution in [0.3, 0.4) is 0 Å². The summed E-state index contributed by atoms with van der Waals surface area (Å²) in [5.41, 5.74) is 2.21. The zero-order valence-corrected chi connectivity index (χ0v) is 15.6. The van der Waals surface area contributed by atoms with Crippen LogP contribution < -0.4 is 0 Å². The molecule has 29 heavy (non-hydrogen) atoms. The normalized spacial score (nSPS) is 10.6. The summed E-state index contributed by atoms with van der Waals surface area (Å²) in [5.74, 6) is 3.56. The van der Waals surface area contributed by atoms with E-state index in [0.29, 0.717) is 16.8 Å². The van der Waals surface area contributed by atoms with Crippen molar-refractivity contribution in [3.63, 3.8) is 0 Å². The lowest BCUT2D eigenvalue weighted by molar-refractivity contribution is 0.578. The maximum atomic E-state index is 14.5. The van der Waals surface area contributed by atoms with Gasteiger partial charge in [0.05, 0.1) is 11.3 Å². The van der Waals surface area contributed by atoms with E-state index < -0.39 is 11.6 Å². The Hall–Kier alpha value is -3.58. The van der Waals surface area contributed by atoms with Crippen molar-refractivity contribution in [3.8, 4) is 23.1 Å². The third-order valence-corrected chi connectivity index (χ3v) is 4.70. The summed E-state index contributed by atoms with van der Waals surface area (Å²) < 4.78 is 42.3. The third-order valence-electron chi connectivity index (χ3n) is 4.70. The average Bonchev–Trinajstić information content (AvgIpc) is 2.73. The molecule has 0 spiro atoms. The van der Waals surface area contributed by atoms with Gasteiger partial charge in [-0.1, -0.05) is 37.0 Å². The van der Waals surface area contributed by atoms with Crippen molar-refractivity contribution in [1.82, 2.24) is 4.98 Å². The predicted octanol–water partition coefficient (Wildman–Crippen LogP) is 6.28. The molecule has 4 heteroatoms. The van der Waals surface area contributed by atoms with E-state index in [2.05, 4.69) is 16.8 Å². The molecule has 3 aromatic carbocycles. The fraction of sp³-hybridized carbons (Fsp3) is 0.0800. The maximum Gasteiger partial charge on any atom is 0.142 e. The zero-order chi connectivity index (χ0) is 20.4. The van der Waals surface area contributed by atoms with Gasteiger partial charge >= 0.3 is 0 Å². The molecule has 142 valence electrons. The summed E-state index contributed by atoms with van der Waals surface area (Å²) in [4.78, 5) is 4.26. The topological polar surface area (TPSA) is 12.9 Å². The van der Waals surface area contributed by atoms with Crippen LogP contribution in [0.25, 0.3) is 22.0 Å². The van der Waals surface area contributed by atoms with E-state index in [1.807, 2.05) is 13.0 Å². The van der Waals surface area contributed by atoms with Crippen LogP contribution in [0.5, 0.6) is 0 Å². The van der Waals surface area contributed by atoms with Gasteiger partial charge in [0.25, 0.3) is 0 Å². The first-order valence-electron chi connectivity index (χ1n) is 9.19. The molecular formula is C25H16F3N. The van der Waals surface area contributed by atoms with Gasteiger partial charge in [0, 0.05) is 17.3 Å². The zero-order valence-electron chi connectivity index (χ0n) is 15.6. The fourth-order valence-corrected chi connectivity index (χ4v) is 3.07. The SMILES string of the molecule is CCc1ccc(-c2cc(F)c(C#Cc3ccc4cc(F)ccc4c3)c(F)c2)nc1. The van der Waals surface area contributed by atoms with E-state index in [1.54, 1.807) is 36.5 Å². The van der Waals surface area contributed by atoms with E-state index in [-0.39, 0.29) is 11.4 Å². The minimum Gasteiger partial charge on any atom is -0.256 e. The summed E-state index contributed by atoms with van der Waals surface area (Å²) in [6.07, 6.45) is 2.54. The van der Waals surface area contributed by atoms with Gasteiger partial charge in [0.2, 0.25) is 0 Å². The number of nitrogens with zero attached hydrogens (tertiary/aromatic N) is 1. The molecule has 0 aliphatic carbocycles. The van der Waals surface area contributed by atoms with Crippen molar-refractivity contribution in [2.24, 2.45) is 0 Å². The molecule has 4 rings (SSSR count). The van der Waals surface area contributed by atoms with Crippen LogP contribution in [-0.2, 0) is 6.42 Å². The molecular weight excluding hydrogens is 371 g/mol. The molecule has 0 amide bonds. The molecule has 0 atom stereocenters. The van der Waals surface area contributed by atoms with Gasteiger partial charge in [-0.2, -0.15) is 0 Å². The predicted molar refractivity (Wildman–Crippen MR) is 109 cm³/mol. The van der Waals surface area contributed by atoms with Crippen LogP contribution >= 0.6 is 0 Å². The highest BCUT2D eigenvalue weighted by molar-refractivity contribution is 5.84. The number of aromatic nitrogens is 1. The Morgan fingerprint density at radius 3 is 2.21 bits per heavy atom. The van der Waals surface area contributed by atoms with Crippen LogP contribution in [0.2, 0.25) is 0 Å². The van der Waals surface area contributed by atoms with Crippen LogP contribution in [0.15, 0.2) is 66.9 Å². The van der Waals surface area contributed by atoms with Crippen molar-refractivity contribution in [2.45, 2.75) is 13.3 Å². The second kappa shape index (κ2) is 7.81. The number of aryl methyl sites for hydroxylation is 1. The van der Waals surface area contributed by atoms with Crippen molar-refractivity contribution < 1.29 is 13.2 Å². The van der Waals surface area contributed by atoms with Gasteiger partial charge in [-0.05, 0) is 65.2 Å². The highest BCUT2D eigenvalue weighted by atomic mass is 19.1. The number of fused-ring (bicyclic) bond motifs is 1. The maximum absolute atomic E-state index is 14.5. The largest absolute Gasteiger partial charge is 0.256 e. The van der Waals surface area contributed by atoms with Crippen molar-refractivity contribution in [3.05, 3.63) is 101 Å². The van der Waals surface area contributed by atoms with Gasteiger partial charge in [0.15, 0.2) is 0 Å². The van der Waals surface area contributed by atoms with Crippen LogP contribution in [0, 0.1) is 29.3 Å². The molecule has 0 aliphatic heterocycles. The molecule has 0 saturated carbocycles. The lowest BCUT2D eigenvalue weighted by Crippen LogP contribution is -1.94. The molecule has 1 nitrogen and oxygen atoms in total. The standard InChI is InChI=1S/C25H16F3N/c1-2-16-5-10-25(29-15-16)20-13-23(27)22(24(28)14-20)9-4-17-3-6-19-12-21(26)8-7-18(19)11-17/h3,5-8,10-15H,2H2,1H3. The van der Waals surface area contributed by atoms with Gasteiger partial charge in [-0.25, -0.2) is 13.2 Å². The second-order valence-corrected chi connectivity index (χ2v) is 6.68. The molecule has 0 saturated heterocycles. The molecule has 0 N–H and O–H groups in total. The Morgan fingerprint density at radius 2 is 1.52 bits per heavy atom. The second-order valence-electron chi connectivity index (χ2n) is 6.68. The fourth-order valence-electron chi connectivity index (χ4n) is 3.07. The van der Waals surface area contributed by atoms with Crippen LogP contribution in [0.1, 0.15) is 23.6 Å². The van der Waals surface area contributed by atoms with Crippen LogP contribution in [0.4, 0.5) is 13.2 Å². The van der Waals surface area contributed by atoms with Crippen molar-refractivity contribution in [1.29, 1.82) is 0 Å². The van der Waals surface area contributed by atoms with E-state index >= 15 is 0 Å². The summed E-state index contributed by atoms with van der Waals surface area (Å²) in [5, 5.41) is 1.54. The minimum absolute atomic E-state index is 0.293. The average molecular weight is 387 g/mol. The summed E-state index contributed by atoms with van der Waals surface area (Å²) >= 11 is 0. The molecule has 0 radical (unpaired) electrons. The van der Waals surface area contributed by atoms with Gasteiger partial charge < -0.3 is 0 Å². The third kappa shape index (κ3) is 4.00. The summed E-state index contributed by atoms with van der Waals surface area (Å²) in [6, 6.07) is 15.7. The van der Waals surface area contributed by atoms with E-state index in [0.717, 1.165) is 22.8 Å². The van der Waals surface area contributed by atoms with Gasteiger partial charge in [-0.3, -0.25) is 4.98 Å². The van der Waals surface area contributed by atoms with Crippen molar-refractivity contribution >= 4 is 10.8 Å². The first kappa shape index (κ1) is 18.8. The van der Waals surface area contributed by atoms with Crippen LogP contribution in [-0.4, -0.2) is 4.98 Å². The number of pyridine rings is 1. The number of rotatable bonds is 2. The number of hydrogen-bond donors (Lipinski definition) is 0. The smallest absolute Gasteiger partial charge is 0.142 e. The summed E-state index contributed by atoms with van der Waals surface area (Å²) in [7, 11) is 0. The van der Waals surface area contributed by atoms with Gasteiger partial charge in [-0.15, -0.1) is 0 Å². The molecule has 0 fully saturated rings. The van der Waals surface area contributed by atoms with E-state index in [9.17, 15) is 13.2 Å². The Balaban J connectivity index is 1.67. The van der Waals surface area contributed by atoms with E-state index in [1.165, 1.54) is 24.3 Å².